The maximum absolute atomic E-state index is 13.7. The van der Waals surface area contributed by atoms with Crippen LogP contribution in [0.15, 0.2) is 36.4 Å². The second-order valence-electron chi connectivity index (χ2n) is 9.87. The summed E-state index contributed by atoms with van der Waals surface area (Å²) in [4.78, 5) is 15.2. The Morgan fingerprint density at radius 3 is 2.45 bits per heavy atom. The standard InChI is InChI=1S/C25H28F2N2O2/c1-25(2)13-18-4-3-16(17-5-6-20(26)21(27)12-17)11-19(18)23(25)28-24(30)31-22-14-29-9-7-15(22)8-10-29/h3-6,11-12,15,22-23H,7-10,13-14H2,1-2H3,(H,28,30)/t22-,23?/m0/s1. The van der Waals surface area contributed by atoms with Gasteiger partial charge < -0.3 is 10.1 Å². The summed E-state index contributed by atoms with van der Waals surface area (Å²) in [7, 11) is 0. The minimum Gasteiger partial charge on any atom is -0.445 e. The van der Waals surface area contributed by atoms with E-state index in [4.69, 9.17) is 4.74 Å². The van der Waals surface area contributed by atoms with Crippen LogP contribution >= 0.6 is 0 Å². The van der Waals surface area contributed by atoms with Gasteiger partial charge in [0, 0.05) is 6.54 Å². The smallest absolute Gasteiger partial charge is 0.407 e. The van der Waals surface area contributed by atoms with Crippen molar-refractivity contribution >= 4 is 6.09 Å². The molecule has 0 spiro atoms. The molecule has 2 aromatic rings. The highest BCUT2D eigenvalue weighted by molar-refractivity contribution is 5.70. The molecule has 4 aliphatic rings. The molecular formula is C25H28F2N2O2. The Balaban J connectivity index is 1.37. The lowest BCUT2D eigenvalue weighted by Crippen LogP contribution is -2.53. The number of hydrogen-bond donors (Lipinski definition) is 1. The van der Waals surface area contributed by atoms with Gasteiger partial charge in [-0.25, -0.2) is 13.6 Å². The Kier molecular flexibility index (Phi) is 5.00. The normalized spacial score (nSPS) is 28.3. The summed E-state index contributed by atoms with van der Waals surface area (Å²) in [6, 6.07) is 9.65. The van der Waals surface area contributed by atoms with Gasteiger partial charge in [0.15, 0.2) is 11.6 Å². The molecule has 2 bridgehead atoms. The number of benzene rings is 2. The van der Waals surface area contributed by atoms with Crippen LogP contribution in [0.5, 0.6) is 0 Å². The molecule has 6 rings (SSSR count). The van der Waals surface area contributed by atoms with Crippen molar-refractivity contribution in [3.63, 3.8) is 0 Å². The summed E-state index contributed by atoms with van der Waals surface area (Å²) >= 11 is 0. The molecule has 1 N–H and O–H groups in total. The number of alkyl carbamates (subject to hydrolysis) is 1. The van der Waals surface area contributed by atoms with E-state index in [0.29, 0.717) is 11.5 Å². The number of nitrogens with zero attached hydrogens (tertiary/aromatic N) is 1. The molecule has 0 radical (unpaired) electrons. The zero-order valence-corrected chi connectivity index (χ0v) is 18.0. The Morgan fingerprint density at radius 2 is 1.77 bits per heavy atom. The van der Waals surface area contributed by atoms with Crippen LogP contribution < -0.4 is 5.32 Å². The molecule has 1 amide bonds. The van der Waals surface area contributed by atoms with Gasteiger partial charge in [0.25, 0.3) is 0 Å². The molecule has 31 heavy (non-hydrogen) atoms. The first-order valence-corrected chi connectivity index (χ1v) is 11.1. The fraction of sp³-hybridized carbons (Fsp3) is 0.480. The highest BCUT2D eigenvalue weighted by Gasteiger charge is 2.42. The average Bonchev–Trinajstić information content (AvgIpc) is 3.00. The summed E-state index contributed by atoms with van der Waals surface area (Å²) in [5.74, 6) is -1.27. The van der Waals surface area contributed by atoms with Crippen LogP contribution in [0.1, 0.15) is 43.9 Å². The molecular weight excluding hydrogens is 398 g/mol. The number of carbonyl (C=O) groups is 1. The van der Waals surface area contributed by atoms with Crippen molar-refractivity contribution in [1.29, 1.82) is 0 Å². The van der Waals surface area contributed by atoms with Crippen LogP contribution in [0.3, 0.4) is 0 Å². The molecule has 6 heteroatoms. The van der Waals surface area contributed by atoms with Crippen molar-refractivity contribution in [3.8, 4) is 11.1 Å². The maximum Gasteiger partial charge on any atom is 0.407 e. The molecule has 0 saturated carbocycles. The van der Waals surface area contributed by atoms with Crippen molar-refractivity contribution in [2.45, 2.75) is 45.3 Å². The number of hydrogen-bond acceptors (Lipinski definition) is 3. The number of nitrogens with one attached hydrogen (secondary N) is 1. The van der Waals surface area contributed by atoms with Crippen LogP contribution in [-0.4, -0.2) is 36.7 Å². The highest BCUT2D eigenvalue weighted by Crippen LogP contribution is 2.46. The fourth-order valence-electron chi connectivity index (χ4n) is 5.50. The summed E-state index contributed by atoms with van der Waals surface area (Å²) in [6.45, 7) is 7.28. The van der Waals surface area contributed by atoms with E-state index in [1.54, 1.807) is 6.07 Å². The van der Waals surface area contributed by atoms with Gasteiger partial charge in [0.05, 0.1) is 6.04 Å². The SMILES string of the molecule is CC1(C)Cc2ccc(-c3ccc(F)c(F)c3)cc2C1NC(=O)O[C@H]1CN2CCC1CC2. The molecule has 3 heterocycles. The summed E-state index contributed by atoms with van der Waals surface area (Å²) in [5, 5.41) is 3.12. The van der Waals surface area contributed by atoms with Crippen LogP contribution in [0.25, 0.3) is 11.1 Å². The minimum absolute atomic E-state index is 0.0417. The van der Waals surface area contributed by atoms with Gasteiger partial charge >= 0.3 is 6.09 Å². The van der Waals surface area contributed by atoms with E-state index in [0.717, 1.165) is 61.7 Å². The maximum atomic E-state index is 13.7. The lowest BCUT2D eigenvalue weighted by molar-refractivity contribution is -0.0348. The third-order valence-corrected chi connectivity index (χ3v) is 7.25. The zero-order valence-electron chi connectivity index (χ0n) is 18.0. The molecule has 1 aliphatic carbocycles. The molecule has 2 atom stereocenters. The van der Waals surface area contributed by atoms with Gasteiger partial charge in [-0.3, -0.25) is 4.90 Å². The third kappa shape index (κ3) is 3.82. The first-order chi connectivity index (χ1) is 14.8. The number of halogens is 2. The predicted octanol–water partition coefficient (Wildman–Crippen LogP) is 5.08. The monoisotopic (exact) mass is 426 g/mol. The van der Waals surface area contributed by atoms with E-state index < -0.39 is 11.6 Å². The molecule has 3 aliphatic heterocycles. The van der Waals surface area contributed by atoms with Gasteiger partial charge in [-0.15, -0.1) is 0 Å². The fourth-order valence-corrected chi connectivity index (χ4v) is 5.50. The number of piperidine rings is 3. The Hall–Kier alpha value is -2.47. The first kappa shape index (κ1) is 20.4. The van der Waals surface area contributed by atoms with Crippen molar-refractivity contribution in [2.75, 3.05) is 19.6 Å². The summed E-state index contributed by atoms with van der Waals surface area (Å²) < 4.78 is 33.0. The topological polar surface area (TPSA) is 41.6 Å². The number of amides is 1. The number of ether oxygens (including phenoxy) is 1. The Bertz CT molecular complexity index is 1010. The van der Waals surface area contributed by atoms with Crippen molar-refractivity contribution < 1.29 is 18.3 Å². The second kappa shape index (κ2) is 7.59. The van der Waals surface area contributed by atoms with Crippen LogP contribution in [0.4, 0.5) is 13.6 Å². The molecule has 3 saturated heterocycles. The second-order valence-corrected chi connectivity index (χ2v) is 9.87. The van der Waals surface area contributed by atoms with Gasteiger partial charge in [-0.1, -0.05) is 32.0 Å². The third-order valence-electron chi connectivity index (χ3n) is 7.25. The summed E-state index contributed by atoms with van der Waals surface area (Å²) in [5.41, 5.74) is 3.40. The largest absolute Gasteiger partial charge is 0.445 e. The lowest BCUT2D eigenvalue weighted by Gasteiger charge is -2.44. The number of fused-ring (bicyclic) bond motifs is 4. The summed E-state index contributed by atoms with van der Waals surface area (Å²) in [6.07, 6.45) is 2.59. The van der Waals surface area contributed by atoms with E-state index in [2.05, 4.69) is 24.1 Å². The van der Waals surface area contributed by atoms with E-state index in [1.807, 2.05) is 18.2 Å². The van der Waals surface area contributed by atoms with Gasteiger partial charge in [0.1, 0.15) is 6.10 Å². The quantitative estimate of drug-likeness (QED) is 0.745. The van der Waals surface area contributed by atoms with Gasteiger partial charge in [-0.05, 0) is 84.1 Å². The van der Waals surface area contributed by atoms with Crippen molar-refractivity contribution in [3.05, 3.63) is 59.2 Å². The molecule has 0 aromatic heterocycles. The average molecular weight is 427 g/mol. The predicted molar refractivity (Wildman–Crippen MR) is 115 cm³/mol. The van der Waals surface area contributed by atoms with Gasteiger partial charge in [0.2, 0.25) is 0 Å². The lowest BCUT2D eigenvalue weighted by atomic mass is 9.85. The molecule has 4 nitrogen and oxygen atoms in total. The van der Waals surface area contributed by atoms with E-state index >= 15 is 0 Å². The first-order valence-electron chi connectivity index (χ1n) is 11.1. The minimum atomic E-state index is -0.867. The molecule has 2 aromatic carbocycles. The van der Waals surface area contributed by atoms with Crippen molar-refractivity contribution in [1.82, 2.24) is 10.2 Å². The van der Waals surface area contributed by atoms with Crippen LogP contribution in [-0.2, 0) is 11.2 Å². The number of rotatable bonds is 3. The Morgan fingerprint density at radius 1 is 1.06 bits per heavy atom. The van der Waals surface area contributed by atoms with E-state index in [9.17, 15) is 13.6 Å². The van der Waals surface area contributed by atoms with E-state index in [-0.39, 0.29) is 23.7 Å². The number of carbonyl (C=O) groups excluding carboxylic acids is 1. The van der Waals surface area contributed by atoms with Crippen LogP contribution in [0.2, 0.25) is 0 Å². The van der Waals surface area contributed by atoms with Gasteiger partial charge in [-0.2, -0.15) is 0 Å². The van der Waals surface area contributed by atoms with Crippen LogP contribution in [0, 0.1) is 23.0 Å². The van der Waals surface area contributed by atoms with Crippen molar-refractivity contribution in [2.24, 2.45) is 11.3 Å². The highest BCUT2D eigenvalue weighted by atomic mass is 19.2. The molecule has 1 unspecified atom stereocenters. The Labute approximate surface area is 181 Å². The van der Waals surface area contributed by atoms with E-state index in [1.165, 1.54) is 6.07 Å². The zero-order chi connectivity index (χ0) is 21.8. The molecule has 3 fully saturated rings. The molecule has 164 valence electrons.